The van der Waals surface area contributed by atoms with Gasteiger partial charge in [0.05, 0.1) is 12.1 Å². The Morgan fingerprint density at radius 2 is 1.88 bits per heavy atom. The molecule has 1 aromatic carbocycles. The van der Waals surface area contributed by atoms with E-state index in [9.17, 15) is 18.8 Å². The van der Waals surface area contributed by atoms with Crippen molar-refractivity contribution in [3.8, 4) is 0 Å². The largest absolute Gasteiger partial charge is 0.456 e. The van der Waals surface area contributed by atoms with Crippen LogP contribution in [-0.2, 0) is 19.1 Å². The predicted molar refractivity (Wildman–Crippen MR) is 89.6 cm³/mol. The number of ether oxygens (including phenoxy) is 2. The Bertz CT molecular complexity index is 640. The Morgan fingerprint density at radius 3 is 2.48 bits per heavy atom. The predicted octanol–water partition coefficient (Wildman–Crippen LogP) is 2.53. The van der Waals surface area contributed by atoms with Gasteiger partial charge in [0.15, 0.2) is 6.61 Å². The number of hydrogen-bond donors (Lipinski definition) is 2. The summed E-state index contributed by atoms with van der Waals surface area (Å²) in [7, 11) is 0. The molecule has 1 rings (SSSR count). The fourth-order valence-corrected chi connectivity index (χ4v) is 1.71. The lowest BCUT2D eigenvalue weighted by Crippen LogP contribution is -2.34. The zero-order valence-corrected chi connectivity index (χ0v) is 14.8. The van der Waals surface area contributed by atoms with Crippen LogP contribution in [0.3, 0.4) is 0 Å². The zero-order chi connectivity index (χ0) is 19.0. The van der Waals surface area contributed by atoms with Crippen LogP contribution < -0.4 is 10.6 Å². The van der Waals surface area contributed by atoms with Crippen molar-refractivity contribution >= 4 is 23.7 Å². The van der Waals surface area contributed by atoms with Gasteiger partial charge in [0, 0.05) is 6.54 Å². The van der Waals surface area contributed by atoms with Gasteiger partial charge in [-0.2, -0.15) is 0 Å². The summed E-state index contributed by atoms with van der Waals surface area (Å²) in [4.78, 5) is 34.5. The van der Waals surface area contributed by atoms with E-state index in [2.05, 4.69) is 10.6 Å². The smallest absolute Gasteiger partial charge is 0.407 e. The second-order valence-corrected chi connectivity index (χ2v) is 6.37. The van der Waals surface area contributed by atoms with E-state index in [0.717, 1.165) is 5.56 Å². The molecule has 8 heteroatoms. The van der Waals surface area contributed by atoms with E-state index in [0.29, 0.717) is 0 Å². The average Bonchev–Trinajstić information content (AvgIpc) is 2.46. The Kier molecular flexibility index (Phi) is 7.35. The molecule has 25 heavy (non-hydrogen) atoms. The summed E-state index contributed by atoms with van der Waals surface area (Å²) in [5.41, 5.74) is 0.103. The second kappa shape index (κ2) is 9.00. The maximum atomic E-state index is 13.6. The molecule has 0 radical (unpaired) electrons. The number of nitrogens with one attached hydrogen (secondary N) is 2. The van der Waals surface area contributed by atoms with Crippen LogP contribution in [0.4, 0.5) is 14.9 Å². The molecule has 0 spiro atoms. The van der Waals surface area contributed by atoms with Crippen molar-refractivity contribution in [1.29, 1.82) is 0 Å². The van der Waals surface area contributed by atoms with Gasteiger partial charge in [-0.05, 0) is 45.4 Å². The van der Waals surface area contributed by atoms with Crippen LogP contribution in [0.25, 0.3) is 0 Å². The Balaban J connectivity index is 2.27. The van der Waals surface area contributed by atoms with Gasteiger partial charge in [0.1, 0.15) is 11.4 Å². The van der Waals surface area contributed by atoms with Gasteiger partial charge in [-0.1, -0.05) is 6.07 Å². The Hall–Kier alpha value is -2.64. The highest BCUT2D eigenvalue weighted by molar-refractivity contribution is 5.92. The van der Waals surface area contributed by atoms with E-state index in [4.69, 9.17) is 9.47 Å². The van der Waals surface area contributed by atoms with E-state index in [1.807, 2.05) is 0 Å². The summed E-state index contributed by atoms with van der Waals surface area (Å²) in [6.07, 6.45) is -0.765. The highest BCUT2D eigenvalue weighted by Gasteiger charge is 2.16. The van der Waals surface area contributed by atoms with Crippen LogP contribution in [0.5, 0.6) is 0 Å². The third-order valence-corrected chi connectivity index (χ3v) is 2.76. The summed E-state index contributed by atoms with van der Waals surface area (Å²) in [6, 6.07) is 4.35. The maximum Gasteiger partial charge on any atom is 0.407 e. The summed E-state index contributed by atoms with van der Waals surface area (Å²) in [5, 5.41) is 4.71. The molecule has 138 valence electrons. The van der Waals surface area contributed by atoms with Gasteiger partial charge >= 0.3 is 12.1 Å². The first-order valence-corrected chi connectivity index (χ1v) is 7.75. The summed E-state index contributed by atoms with van der Waals surface area (Å²) in [6.45, 7) is 6.35. The number of hydrogen-bond acceptors (Lipinski definition) is 5. The molecule has 0 aliphatic heterocycles. The zero-order valence-electron chi connectivity index (χ0n) is 14.8. The molecule has 0 fully saturated rings. The summed E-state index contributed by atoms with van der Waals surface area (Å²) in [5.74, 6) is -1.90. The first-order valence-electron chi connectivity index (χ1n) is 7.75. The van der Waals surface area contributed by atoms with Gasteiger partial charge < -0.3 is 20.1 Å². The SMILES string of the molecule is Cc1ccc(NC(=O)COC(=O)CCNC(=O)OC(C)(C)C)c(F)c1. The minimum absolute atomic E-state index is 0.0123. The molecule has 0 saturated heterocycles. The van der Waals surface area contributed by atoms with E-state index in [-0.39, 0.29) is 18.7 Å². The first kappa shape index (κ1) is 20.4. The third-order valence-electron chi connectivity index (χ3n) is 2.76. The van der Waals surface area contributed by atoms with E-state index >= 15 is 0 Å². The highest BCUT2D eigenvalue weighted by atomic mass is 19.1. The highest BCUT2D eigenvalue weighted by Crippen LogP contribution is 2.15. The lowest BCUT2D eigenvalue weighted by molar-refractivity contribution is -0.147. The van der Waals surface area contributed by atoms with Crippen molar-refractivity contribution < 1.29 is 28.2 Å². The van der Waals surface area contributed by atoms with Crippen molar-refractivity contribution in [3.05, 3.63) is 29.6 Å². The van der Waals surface area contributed by atoms with Gasteiger partial charge in [0.2, 0.25) is 0 Å². The molecule has 0 saturated carbocycles. The van der Waals surface area contributed by atoms with Gasteiger partial charge in [-0.3, -0.25) is 9.59 Å². The number of rotatable bonds is 6. The monoisotopic (exact) mass is 354 g/mol. The van der Waals surface area contributed by atoms with Crippen LogP contribution in [0, 0.1) is 12.7 Å². The van der Waals surface area contributed by atoms with Crippen LogP contribution >= 0.6 is 0 Å². The number of alkyl carbamates (subject to hydrolysis) is 1. The minimum Gasteiger partial charge on any atom is -0.456 e. The molecule has 1 aromatic rings. The van der Waals surface area contributed by atoms with Crippen LogP contribution in [-0.4, -0.2) is 36.7 Å². The second-order valence-electron chi connectivity index (χ2n) is 6.37. The van der Waals surface area contributed by atoms with Crippen molar-refractivity contribution in [2.45, 2.75) is 39.7 Å². The molecular formula is C17H23FN2O5. The number of aryl methyl sites for hydroxylation is 1. The number of halogens is 1. The normalized spacial score (nSPS) is 10.8. The quantitative estimate of drug-likeness (QED) is 0.766. The lowest BCUT2D eigenvalue weighted by Gasteiger charge is -2.19. The molecule has 2 amide bonds. The molecule has 0 bridgehead atoms. The van der Waals surface area contributed by atoms with Gasteiger partial charge in [-0.25, -0.2) is 9.18 Å². The van der Waals surface area contributed by atoms with Crippen LogP contribution in [0.2, 0.25) is 0 Å². The van der Waals surface area contributed by atoms with Crippen molar-refractivity contribution in [1.82, 2.24) is 5.32 Å². The van der Waals surface area contributed by atoms with Crippen LogP contribution in [0.1, 0.15) is 32.8 Å². The number of benzene rings is 1. The fourth-order valence-electron chi connectivity index (χ4n) is 1.71. The molecule has 0 aliphatic carbocycles. The molecule has 0 atom stereocenters. The molecule has 0 unspecified atom stereocenters. The topological polar surface area (TPSA) is 93.7 Å². The average molecular weight is 354 g/mol. The van der Waals surface area contributed by atoms with E-state index in [1.54, 1.807) is 33.8 Å². The fraction of sp³-hybridized carbons (Fsp3) is 0.471. The minimum atomic E-state index is -0.671. The summed E-state index contributed by atoms with van der Waals surface area (Å²) < 4.78 is 23.4. The molecule has 0 aliphatic rings. The Morgan fingerprint density at radius 1 is 1.20 bits per heavy atom. The van der Waals surface area contributed by atoms with Crippen molar-refractivity contribution in [2.75, 3.05) is 18.5 Å². The summed E-state index contributed by atoms with van der Waals surface area (Å²) >= 11 is 0. The number of anilines is 1. The van der Waals surface area contributed by atoms with Crippen molar-refractivity contribution in [2.24, 2.45) is 0 Å². The maximum absolute atomic E-state index is 13.6. The molecule has 7 nitrogen and oxygen atoms in total. The number of amides is 2. The molecule has 0 heterocycles. The first-order chi connectivity index (χ1) is 11.6. The molecule has 2 N–H and O–H groups in total. The van der Waals surface area contributed by atoms with Gasteiger partial charge in [0.25, 0.3) is 5.91 Å². The van der Waals surface area contributed by atoms with Crippen molar-refractivity contribution in [3.63, 3.8) is 0 Å². The van der Waals surface area contributed by atoms with Gasteiger partial charge in [-0.15, -0.1) is 0 Å². The lowest BCUT2D eigenvalue weighted by atomic mass is 10.2. The number of esters is 1. The van der Waals surface area contributed by atoms with E-state index in [1.165, 1.54) is 12.1 Å². The Labute approximate surface area is 145 Å². The standard InChI is InChI=1S/C17H23FN2O5/c1-11-5-6-13(12(18)9-11)20-14(21)10-24-15(22)7-8-19-16(23)25-17(2,3)4/h5-6,9H,7-8,10H2,1-4H3,(H,19,23)(H,20,21). The van der Waals surface area contributed by atoms with E-state index < -0.39 is 36.0 Å². The number of carbonyl (C=O) groups is 3. The molecular weight excluding hydrogens is 331 g/mol. The molecule has 0 aromatic heterocycles. The number of carbonyl (C=O) groups excluding carboxylic acids is 3. The van der Waals surface area contributed by atoms with Crippen LogP contribution in [0.15, 0.2) is 18.2 Å². The third kappa shape index (κ3) is 8.69.